The number of carbonyl (C=O) groups is 1. The lowest BCUT2D eigenvalue weighted by Crippen LogP contribution is -2.39. The summed E-state index contributed by atoms with van der Waals surface area (Å²) in [5, 5.41) is 0.379. The minimum Gasteiger partial charge on any atom is -0.294 e. The van der Waals surface area contributed by atoms with Crippen molar-refractivity contribution in [3.63, 3.8) is 0 Å². The van der Waals surface area contributed by atoms with Crippen LogP contribution >= 0.6 is 0 Å². The zero-order chi connectivity index (χ0) is 15.1. The van der Waals surface area contributed by atoms with Gasteiger partial charge in [0.25, 0.3) is 5.56 Å². The van der Waals surface area contributed by atoms with Gasteiger partial charge in [-0.2, -0.15) is 0 Å². The molecule has 0 unspecified atom stereocenters. The lowest BCUT2D eigenvalue weighted by atomic mass is 9.90. The highest BCUT2D eigenvalue weighted by Gasteiger charge is 2.23. The van der Waals surface area contributed by atoms with E-state index in [1.54, 1.807) is 7.05 Å². The molecule has 6 nitrogen and oxygen atoms in total. The summed E-state index contributed by atoms with van der Waals surface area (Å²) < 4.78 is 2.47. The standard InChI is InChI=1S/C15H15N3O3/c1-3-7-18-14(20)12-9-5-4-6-11(19)10(9)8-16-13(12)17(2)15(18)21/h3,8H,1,4-7H2,2H3. The highest BCUT2D eigenvalue weighted by Crippen LogP contribution is 2.24. The van der Waals surface area contributed by atoms with Gasteiger partial charge in [0.05, 0.1) is 5.39 Å². The zero-order valence-electron chi connectivity index (χ0n) is 11.8. The third kappa shape index (κ3) is 1.86. The molecule has 2 aromatic heterocycles. The van der Waals surface area contributed by atoms with E-state index in [0.717, 1.165) is 10.1 Å². The van der Waals surface area contributed by atoms with Crippen molar-refractivity contribution in [1.82, 2.24) is 14.1 Å². The third-order valence-corrected chi connectivity index (χ3v) is 3.90. The van der Waals surface area contributed by atoms with Gasteiger partial charge in [-0.25, -0.2) is 9.78 Å². The molecule has 1 aliphatic carbocycles. The molecule has 0 spiro atoms. The number of pyridine rings is 1. The van der Waals surface area contributed by atoms with Gasteiger partial charge in [-0.3, -0.25) is 18.7 Å². The second-order valence-electron chi connectivity index (χ2n) is 5.17. The number of aryl methyl sites for hydroxylation is 2. The van der Waals surface area contributed by atoms with Crippen LogP contribution in [-0.4, -0.2) is 19.9 Å². The van der Waals surface area contributed by atoms with Crippen molar-refractivity contribution in [3.05, 3.63) is 50.8 Å². The second-order valence-corrected chi connectivity index (χ2v) is 5.17. The molecule has 0 N–H and O–H groups in total. The van der Waals surface area contributed by atoms with E-state index in [1.165, 1.54) is 16.8 Å². The molecule has 2 aromatic rings. The van der Waals surface area contributed by atoms with Crippen LogP contribution in [0.3, 0.4) is 0 Å². The Morgan fingerprint density at radius 3 is 2.81 bits per heavy atom. The maximum absolute atomic E-state index is 12.6. The summed E-state index contributed by atoms with van der Waals surface area (Å²) >= 11 is 0. The molecule has 0 fully saturated rings. The molecule has 2 heterocycles. The first kappa shape index (κ1) is 13.5. The first-order chi connectivity index (χ1) is 10.1. The van der Waals surface area contributed by atoms with Crippen molar-refractivity contribution in [2.75, 3.05) is 0 Å². The molecule has 1 aliphatic rings. The van der Waals surface area contributed by atoms with Crippen LogP contribution in [0.15, 0.2) is 28.4 Å². The van der Waals surface area contributed by atoms with Gasteiger partial charge in [0.15, 0.2) is 5.78 Å². The van der Waals surface area contributed by atoms with Crippen LogP contribution in [0.2, 0.25) is 0 Å². The molecule has 108 valence electrons. The molecular weight excluding hydrogens is 270 g/mol. The van der Waals surface area contributed by atoms with E-state index in [-0.39, 0.29) is 12.3 Å². The fraction of sp³-hybridized carbons (Fsp3) is 0.333. The predicted octanol–water partition coefficient (Wildman–Crippen LogP) is 0.800. The van der Waals surface area contributed by atoms with Gasteiger partial charge < -0.3 is 0 Å². The smallest absolute Gasteiger partial charge is 0.294 e. The number of ketones is 1. The van der Waals surface area contributed by atoms with E-state index >= 15 is 0 Å². The first-order valence-electron chi connectivity index (χ1n) is 6.81. The van der Waals surface area contributed by atoms with Crippen molar-refractivity contribution in [2.24, 2.45) is 7.05 Å². The fourth-order valence-corrected chi connectivity index (χ4v) is 2.86. The highest BCUT2D eigenvalue weighted by molar-refractivity contribution is 6.01. The van der Waals surface area contributed by atoms with E-state index < -0.39 is 11.2 Å². The summed E-state index contributed by atoms with van der Waals surface area (Å²) in [5.74, 6) is 0.00849. The van der Waals surface area contributed by atoms with Gasteiger partial charge >= 0.3 is 5.69 Å². The number of nitrogens with zero attached hydrogens (tertiary/aromatic N) is 3. The molecule has 0 aliphatic heterocycles. The number of hydrogen-bond donors (Lipinski definition) is 0. The fourth-order valence-electron chi connectivity index (χ4n) is 2.86. The number of fused-ring (bicyclic) bond motifs is 3. The molecular formula is C15H15N3O3. The predicted molar refractivity (Wildman–Crippen MR) is 78.7 cm³/mol. The highest BCUT2D eigenvalue weighted by atomic mass is 16.2. The maximum Gasteiger partial charge on any atom is 0.332 e. The number of carbonyl (C=O) groups excluding carboxylic acids is 1. The van der Waals surface area contributed by atoms with Crippen molar-refractivity contribution >= 4 is 16.8 Å². The summed E-state index contributed by atoms with van der Waals surface area (Å²) in [4.78, 5) is 41.0. The van der Waals surface area contributed by atoms with Gasteiger partial charge in [0.2, 0.25) is 0 Å². The summed E-state index contributed by atoms with van der Waals surface area (Å²) in [6.45, 7) is 3.71. The minimum atomic E-state index is -0.429. The summed E-state index contributed by atoms with van der Waals surface area (Å²) in [7, 11) is 1.58. The number of Topliss-reactive ketones (excluding diaryl/α,β-unsaturated/α-hetero) is 1. The number of allylic oxidation sites excluding steroid dienone is 1. The average Bonchev–Trinajstić information content (AvgIpc) is 2.48. The van der Waals surface area contributed by atoms with E-state index in [0.29, 0.717) is 35.9 Å². The topological polar surface area (TPSA) is 74.0 Å². The van der Waals surface area contributed by atoms with Crippen LogP contribution < -0.4 is 11.2 Å². The van der Waals surface area contributed by atoms with E-state index in [9.17, 15) is 14.4 Å². The quantitative estimate of drug-likeness (QED) is 0.765. The van der Waals surface area contributed by atoms with Crippen LogP contribution in [0.1, 0.15) is 28.8 Å². The second kappa shape index (κ2) is 4.80. The van der Waals surface area contributed by atoms with Crippen molar-refractivity contribution in [3.8, 4) is 0 Å². The largest absolute Gasteiger partial charge is 0.332 e. The summed E-state index contributed by atoms with van der Waals surface area (Å²) in [6, 6.07) is 0. The van der Waals surface area contributed by atoms with Gasteiger partial charge in [0, 0.05) is 31.8 Å². The Hall–Kier alpha value is -2.50. The van der Waals surface area contributed by atoms with Crippen LogP contribution in [0.4, 0.5) is 0 Å². The van der Waals surface area contributed by atoms with E-state index in [2.05, 4.69) is 11.6 Å². The van der Waals surface area contributed by atoms with Gasteiger partial charge in [-0.05, 0) is 18.4 Å². The Morgan fingerprint density at radius 2 is 2.10 bits per heavy atom. The molecule has 6 heteroatoms. The Bertz CT molecular complexity index is 890. The molecule has 0 atom stereocenters. The van der Waals surface area contributed by atoms with Gasteiger partial charge in [-0.15, -0.1) is 6.58 Å². The lowest BCUT2D eigenvalue weighted by molar-refractivity contribution is 0.0972. The van der Waals surface area contributed by atoms with Crippen molar-refractivity contribution in [1.29, 1.82) is 0 Å². The first-order valence-corrected chi connectivity index (χ1v) is 6.81. The molecule has 3 rings (SSSR count). The van der Waals surface area contributed by atoms with Gasteiger partial charge in [0.1, 0.15) is 5.65 Å². The molecule has 0 amide bonds. The van der Waals surface area contributed by atoms with Gasteiger partial charge in [-0.1, -0.05) is 6.08 Å². The van der Waals surface area contributed by atoms with E-state index in [4.69, 9.17) is 0 Å². The molecule has 0 bridgehead atoms. The Labute approximate surface area is 120 Å². The number of aromatic nitrogens is 3. The monoisotopic (exact) mass is 285 g/mol. The Kier molecular flexibility index (Phi) is 3.08. The molecule has 0 saturated heterocycles. The molecule has 21 heavy (non-hydrogen) atoms. The normalized spacial score (nSPS) is 14.2. The van der Waals surface area contributed by atoms with Crippen LogP contribution in [0.25, 0.3) is 11.0 Å². The summed E-state index contributed by atoms with van der Waals surface area (Å²) in [5.41, 5.74) is 0.733. The van der Waals surface area contributed by atoms with E-state index in [1.807, 2.05) is 0 Å². The Balaban J connectivity index is 2.51. The van der Waals surface area contributed by atoms with Crippen molar-refractivity contribution in [2.45, 2.75) is 25.8 Å². The summed E-state index contributed by atoms with van der Waals surface area (Å²) in [6.07, 6.45) is 4.83. The zero-order valence-corrected chi connectivity index (χ0v) is 11.8. The third-order valence-electron chi connectivity index (χ3n) is 3.90. The number of hydrogen-bond acceptors (Lipinski definition) is 4. The SMILES string of the molecule is C=CCn1c(=O)c2c3c(cnc2n(C)c1=O)C(=O)CCC3. The molecule has 0 radical (unpaired) electrons. The van der Waals surface area contributed by atoms with Crippen LogP contribution in [0, 0.1) is 0 Å². The van der Waals surface area contributed by atoms with Crippen molar-refractivity contribution < 1.29 is 4.79 Å². The number of rotatable bonds is 2. The molecule has 0 aromatic carbocycles. The maximum atomic E-state index is 12.6. The van der Waals surface area contributed by atoms with Crippen LogP contribution in [-0.2, 0) is 20.0 Å². The average molecular weight is 285 g/mol. The Morgan fingerprint density at radius 1 is 1.33 bits per heavy atom. The molecule has 0 saturated carbocycles. The lowest BCUT2D eigenvalue weighted by Gasteiger charge is -2.17. The van der Waals surface area contributed by atoms with Crippen LogP contribution in [0.5, 0.6) is 0 Å². The minimum absolute atomic E-state index is 0.00849.